The quantitative estimate of drug-likeness (QED) is 0.152. The number of aromatic nitrogens is 2. The average molecular weight is 787 g/mol. The van der Waals surface area contributed by atoms with E-state index in [2.05, 4.69) is 206 Å². The summed E-state index contributed by atoms with van der Waals surface area (Å²) in [7, 11) is 0. The van der Waals surface area contributed by atoms with Gasteiger partial charge < -0.3 is 14.5 Å². The third kappa shape index (κ3) is 6.14. The van der Waals surface area contributed by atoms with Gasteiger partial charge in [-0.1, -0.05) is 153 Å². The van der Waals surface area contributed by atoms with Gasteiger partial charge in [0.05, 0.1) is 17.7 Å². The second-order valence-corrected chi connectivity index (χ2v) is 16.6. The number of para-hydroxylation sites is 2. The van der Waals surface area contributed by atoms with E-state index >= 15 is 0 Å². The number of nitrogens with zero attached hydrogens (tertiary/aromatic N) is 4. The molecule has 2 aliphatic rings. The highest BCUT2D eigenvalue weighted by Gasteiger charge is 2.43. The number of benzene rings is 7. The van der Waals surface area contributed by atoms with Crippen molar-refractivity contribution in [3.63, 3.8) is 0 Å². The fourth-order valence-electron chi connectivity index (χ4n) is 10.2. The molecule has 9 aromatic rings. The molecule has 0 atom stereocenters. The lowest BCUT2D eigenvalue weighted by Gasteiger charge is -2.36. The van der Waals surface area contributed by atoms with Crippen LogP contribution in [0.4, 0.5) is 11.4 Å². The molecule has 0 N–H and O–H groups in total. The van der Waals surface area contributed by atoms with Crippen LogP contribution in [-0.4, -0.2) is 29.6 Å². The highest BCUT2D eigenvalue weighted by Crippen LogP contribution is 2.36. The third-order valence-corrected chi connectivity index (χ3v) is 12.9. The van der Waals surface area contributed by atoms with Gasteiger partial charge in [-0.15, -0.1) is 0 Å². The van der Waals surface area contributed by atoms with Crippen molar-refractivity contribution < 1.29 is 4.74 Å². The Morgan fingerprint density at radius 2 is 1.08 bits per heavy atom. The van der Waals surface area contributed by atoms with Crippen LogP contribution in [0.2, 0.25) is 0 Å². The Hall–Kier alpha value is -7.24. The van der Waals surface area contributed by atoms with E-state index in [0.29, 0.717) is 6.67 Å². The van der Waals surface area contributed by atoms with Gasteiger partial charge in [-0.25, -0.2) is 4.98 Å². The monoisotopic (exact) mass is 786 g/mol. The van der Waals surface area contributed by atoms with Gasteiger partial charge in [0.2, 0.25) is 13.4 Å². The van der Waals surface area contributed by atoms with Gasteiger partial charge in [0, 0.05) is 52.9 Å². The maximum Gasteiger partial charge on any atom is 0.245 e. The summed E-state index contributed by atoms with van der Waals surface area (Å²) in [4.78, 5) is 9.45. The first-order valence-electron chi connectivity index (χ1n) is 21.2. The van der Waals surface area contributed by atoms with Crippen molar-refractivity contribution in [1.29, 1.82) is 0 Å². The number of hydrogen-bond donors (Lipinski definition) is 0. The van der Waals surface area contributed by atoms with Crippen molar-refractivity contribution >= 4 is 79.4 Å². The van der Waals surface area contributed by atoms with Crippen LogP contribution >= 0.6 is 0 Å². The molecule has 7 aromatic carbocycles. The van der Waals surface area contributed by atoms with Crippen LogP contribution in [0.1, 0.15) is 22.3 Å². The Morgan fingerprint density at radius 1 is 0.475 bits per heavy atom. The zero-order valence-corrected chi connectivity index (χ0v) is 34.9. The Labute approximate surface area is 358 Å². The van der Waals surface area contributed by atoms with Crippen molar-refractivity contribution in [3.05, 3.63) is 205 Å². The molecular weight excluding hydrogens is 742 g/mol. The summed E-state index contributed by atoms with van der Waals surface area (Å²) in [6.07, 6.45) is 6.24. The van der Waals surface area contributed by atoms with Crippen LogP contribution < -0.4 is 47.3 Å². The topological polar surface area (TPSA) is 33.5 Å². The Bertz CT molecular complexity index is 3140. The van der Waals surface area contributed by atoms with Crippen molar-refractivity contribution in [2.75, 3.05) is 16.5 Å². The average Bonchev–Trinajstić information content (AvgIpc) is 3.91. The van der Waals surface area contributed by atoms with E-state index in [1.165, 1.54) is 60.4 Å². The SMILES string of the molecule is Cc1cccc(C)c1B1c2ccccc2B(c2c(C)cccc2C)c2c(Oc3ccc4c5ccccc5n(-c5ccccn5)c4c3)cc(N3C=CN(c4ccccc4)C3)cc21. The summed E-state index contributed by atoms with van der Waals surface area (Å²) in [6.45, 7) is 9.66. The predicted octanol–water partition coefficient (Wildman–Crippen LogP) is 8.31. The summed E-state index contributed by atoms with van der Waals surface area (Å²) in [5.74, 6) is 2.51. The van der Waals surface area contributed by atoms with Gasteiger partial charge in [-0.3, -0.25) is 4.57 Å². The molecule has 0 spiro atoms. The fraction of sp³-hybridized carbons (Fsp3) is 0.0926. The summed E-state index contributed by atoms with van der Waals surface area (Å²) in [5.41, 5.74) is 17.3. The Balaban J connectivity index is 1.18. The second kappa shape index (κ2) is 14.8. The lowest BCUT2D eigenvalue weighted by atomic mass is 9.20. The Morgan fingerprint density at radius 3 is 1.79 bits per heavy atom. The standard InChI is InChI=1S/C54H44B2N4O/c1-36-16-14-17-37(2)52(36)55-45-23-9-10-24-46(45)56(53-38(3)18-15-19-39(53)4)54-47(55)32-41(59-31-30-58(35-59)40-20-6-5-7-21-40)33-50(54)61-42-27-28-44-43-22-8-11-25-48(43)60(49(44)34-42)51-26-12-13-29-57-51/h5-34H,35H2,1-4H3. The first-order valence-corrected chi connectivity index (χ1v) is 21.2. The van der Waals surface area contributed by atoms with Gasteiger partial charge in [0.15, 0.2) is 0 Å². The van der Waals surface area contributed by atoms with Gasteiger partial charge in [0.25, 0.3) is 0 Å². The number of pyridine rings is 1. The smallest absolute Gasteiger partial charge is 0.245 e. The van der Waals surface area contributed by atoms with Crippen molar-refractivity contribution in [1.82, 2.24) is 9.55 Å². The second-order valence-electron chi connectivity index (χ2n) is 16.6. The third-order valence-electron chi connectivity index (χ3n) is 12.9. The zero-order chi connectivity index (χ0) is 41.2. The summed E-state index contributed by atoms with van der Waals surface area (Å²) in [5, 5.41) is 2.34. The van der Waals surface area contributed by atoms with Gasteiger partial charge in [0.1, 0.15) is 17.3 Å². The van der Waals surface area contributed by atoms with Crippen LogP contribution in [0.25, 0.3) is 27.6 Å². The number of fused-ring (bicyclic) bond motifs is 5. The molecule has 11 rings (SSSR count). The fourth-order valence-corrected chi connectivity index (χ4v) is 10.2. The first kappa shape index (κ1) is 36.8. The number of rotatable bonds is 7. The zero-order valence-electron chi connectivity index (χ0n) is 34.9. The number of hydrogen-bond acceptors (Lipinski definition) is 4. The molecule has 0 radical (unpaired) electrons. The minimum atomic E-state index is -0.0596. The minimum Gasteiger partial charge on any atom is -0.458 e. The summed E-state index contributed by atoms with van der Waals surface area (Å²) >= 11 is 0. The molecule has 2 aliphatic heterocycles. The molecule has 0 amide bonds. The van der Waals surface area contributed by atoms with Crippen molar-refractivity contribution in [3.8, 4) is 17.3 Å². The molecule has 292 valence electrons. The predicted molar refractivity (Wildman–Crippen MR) is 258 cm³/mol. The molecule has 4 heterocycles. The molecule has 0 unspecified atom stereocenters. The van der Waals surface area contributed by atoms with E-state index in [-0.39, 0.29) is 13.4 Å². The van der Waals surface area contributed by atoms with Crippen LogP contribution in [0, 0.1) is 27.7 Å². The van der Waals surface area contributed by atoms with Gasteiger partial charge in [-0.2, -0.15) is 0 Å². The van der Waals surface area contributed by atoms with E-state index in [9.17, 15) is 0 Å². The van der Waals surface area contributed by atoms with Gasteiger partial charge >= 0.3 is 0 Å². The van der Waals surface area contributed by atoms with Crippen LogP contribution in [0.15, 0.2) is 182 Å². The van der Waals surface area contributed by atoms with Crippen molar-refractivity contribution in [2.45, 2.75) is 27.7 Å². The lowest BCUT2D eigenvalue weighted by Crippen LogP contribution is -2.76. The Kier molecular flexibility index (Phi) is 8.93. The maximum atomic E-state index is 7.48. The normalized spacial score (nSPS) is 13.3. The highest BCUT2D eigenvalue weighted by atomic mass is 16.5. The largest absolute Gasteiger partial charge is 0.458 e. The highest BCUT2D eigenvalue weighted by molar-refractivity contribution is 7.12. The molecule has 7 heteroatoms. The number of anilines is 2. The number of aryl methyl sites for hydroxylation is 4. The molecule has 2 aromatic heterocycles. The van der Waals surface area contributed by atoms with E-state index < -0.39 is 0 Å². The number of ether oxygens (including phenoxy) is 1. The molecule has 5 nitrogen and oxygen atoms in total. The molecule has 61 heavy (non-hydrogen) atoms. The molecule has 0 saturated heterocycles. The minimum absolute atomic E-state index is 0.0127. The molecule has 0 aliphatic carbocycles. The molecule has 0 fully saturated rings. The maximum absolute atomic E-state index is 7.48. The van der Waals surface area contributed by atoms with E-state index in [0.717, 1.165) is 45.1 Å². The van der Waals surface area contributed by atoms with E-state index in [1.54, 1.807) is 0 Å². The summed E-state index contributed by atoms with van der Waals surface area (Å²) in [6, 6.07) is 59.1. The first-order chi connectivity index (χ1) is 29.9. The van der Waals surface area contributed by atoms with Gasteiger partial charge in [-0.05, 0) is 81.7 Å². The molecule has 0 bridgehead atoms. The van der Waals surface area contributed by atoms with Crippen molar-refractivity contribution in [2.24, 2.45) is 0 Å². The molecule has 0 saturated carbocycles. The molecular formula is C54H44B2N4O. The van der Waals surface area contributed by atoms with Crippen LogP contribution in [0.3, 0.4) is 0 Å². The summed E-state index contributed by atoms with van der Waals surface area (Å²) < 4.78 is 9.73. The lowest BCUT2D eigenvalue weighted by molar-refractivity contribution is 0.487. The van der Waals surface area contributed by atoms with E-state index in [1.807, 2.05) is 18.3 Å². The van der Waals surface area contributed by atoms with E-state index in [4.69, 9.17) is 9.72 Å². The van der Waals surface area contributed by atoms with Crippen LogP contribution in [-0.2, 0) is 0 Å². The van der Waals surface area contributed by atoms with Crippen LogP contribution in [0.5, 0.6) is 11.5 Å².